The van der Waals surface area contributed by atoms with E-state index in [-0.39, 0.29) is 11.7 Å². The molecule has 28 heavy (non-hydrogen) atoms. The highest BCUT2D eigenvalue weighted by atomic mass is 19.1. The van der Waals surface area contributed by atoms with E-state index in [0.717, 1.165) is 30.9 Å². The number of aromatic nitrogens is 2. The molecule has 3 rings (SSSR count). The first-order valence-corrected chi connectivity index (χ1v) is 10.4. The van der Waals surface area contributed by atoms with Crippen LogP contribution in [0.1, 0.15) is 60.8 Å². The van der Waals surface area contributed by atoms with E-state index in [2.05, 4.69) is 22.2 Å². The highest BCUT2D eigenvalue weighted by Crippen LogP contribution is 2.20. The van der Waals surface area contributed by atoms with Gasteiger partial charge < -0.3 is 5.32 Å². The monoisotopic (exact) mass is 386 g/mol. The molecule has 1 aromatic heterocycles. The predicted octanol–water partition coefficient (Wildman–Crippen LogP) is 4.01. The number of hydrogen-bond donors (Lipinski definition) is 1. The second kappa shape index (κ2) is 9.32. The molecule has 2 aromatic rings. The Morgan fingerprint density at radius 2 is 2.00 bits per heavy atom. The van der Waals surface area contributed by atoms with Gasteiger partial charge in [-0.05, 0) is 70.5 Å². The van der Waals surface area contributed by atoms with Gasteiger partial charge in [0.15, 0.2) is 0 Å². The summed E-state index contributed by atoms with van der Waals surface area (Å²) in [6.07, 6.45) is 6.00. The number of hydrogen-bond acceptors (Lipinski definition) is 3. The van der Waals surface area contributed by atoms with Crippen LogP contribution in [-0.2, 0) is 0 Å². The molecule has 1 amide bonds. The van der Waals surface area contributed by atoms with Crippen molar-refractivity contribution >= 4 is 5.91 Å². The average Bonchev–Trinajstić information content (AvgIpc) is 3.00. The smallest absolute Gasteiger partial charge is 0.255 e. The summed E-state index contributed by atoms with van der Waals surface area (Å²) in [5.41, 5.74) is 2.82. The van der Waals surface area contributed by atoms with E-state index >= 15 is 0 Å². The van der Waals surface area contributed by atoms with E-state index in [4.69, 9.17) is 0 Å². The molecule has 1 N–H and O–H groups in total. The second-order valence-electron chi connectivity index (χ2n) is 7.68. The van der Waals surface area contributed by atoms with E-state index in [1.165, 1.54) is 37.8 Å². The van der Waals surface area contributed by atoms with Gasteiger partial charge in [0.05, 0.1) is 22.6 Å². The molecule has 1 saturated heterocycles. The number of amides is 1. The Bertz CT molecular complexity index is 800. The lowest BCUT2D eigenvalue weighted by Gasteiger charge is -2.35. The van der Waals surface area contributed by atoms with Crippen molar-refractivity contribution in [2.45, 2.75) is 58.9 Å². The highest BCUT2D eigenvalue weighted by Gasteiger charge is 2.24. The Morgan fingerprint density at radius 3 is 2.71 bits per heavy atom. The average molecular weight is 387 g/mol. The van der Waals surface area contributed by atoms with Gasteiger partial charge in [-0.1, -0.05) is 19.8 Å². The van der Waals surface area contributed by atoms with Crippen LogP contribution in [0.5, 0.6) is 0 Å². The van der Waals surface area contributed by atoms with Crippen molar-refractivity contribution in [1.29, 1.82) is 0 Å². The van der Waals surface area contributed by atoms with E-state index in [1.807, 2.05) is 13.8 Å². The van der Waals surface area contributed by atoms with Crippen LogP contribution >= 0.6 is 0 Å². The predicted molar refractivity (Wildman–Crippen MR) is 109 cm³/mol. The number of unbranched alkanes of at least 4 members (excludes halogenated alkanes) is 1. The molecule has 0 spiro atoms. The number of rotatable bonds is 7. The van der Waals surface area contributed by atoms with Gasteiger partial charge in [-0.2, -0.15) is 5.10 Å². The highest BCUT2D eigenvalue weighted by molar-refractivity contribution is 5.96. The molecular formula is C22H31FN4O. The van der Waals surface area contributed by atoms with Gasteiger partial charge in [0.25, 0.3) is 5.91 Å². The summed E-state index contributed by atoms with van der Waals surface area (Å²) in [5.74, 6) is -0.368. The number of likely N-dealkylation sites (tertiary alicyclic amines) is 1. The summed E-state index contributed by atoms with van der Waals surface area (Å²) >= 11 is 0. The molecule has 1 aliphatic heterocycles. The summed E-state index contributed by atoms with van der Waals surface area (Å²) in [7, 11) is 0. The lowest BCUT2D eigenvalue weighted by Crippen LogP contribution is -2.47. The molecule has 0 aliphatic carbocycles. The topological polar surface area (TPSA) is 50.2 Å². The third kappa shape index (κ3) is 4.61. The SMILES string of the molecule is CCCCN1CCCCC1CNC(=O)c1c(C)nn(-c2ccc(F)cc2)c1C. The van der Waals surface area contributed by atoms with Gasteiger partial charge >= 0.3 is 0 Å². The summed E-state index contributed by atoms with van der Waals surface area (Å²) in [4.78, 5) is 15.4. The molecule has 152 valence electrons. The van der Waals surface area contributed by atoms with Gasteiger partial charge in [0, 0.05) is 12.6 Å². The minimum absolute atomic E-state index is 0.0793. The third-order valence-electron chi connectivity index (χ3n) is 5.64. The van der Waals surface area contributed by atoms with Crippen molar-refractivity contribution < 1.29 is 9.18 Å². The van der Waals surface area contributed by atoms with Crippen molar-refractivity contribution in [3.05, 3.63) is 47.0 Å². The molecule has 6 heteroatoms. The van der Waals surface area contributed by atoms with Gasteiger partial charge in [0.1, 0.15) is 5.82 Å². The minimum atomic E-state index is -0.289. The van der Waals surface area contributed by atoms with Crippen molar-refractivity contribution in [3.63, 3.8) is 0 Å². The largest absolute Gasteiger partial charge is 0.350 e. The first-order chi connectivity index (χ1) is 13.5. The van der Waals surface area contributed by atoms with Crippen LogP contribution in [0, 0.1) is 19.7 Å². The fraction of sp³-hybridized carbons (Fsp3) is 0.545. The van der Waals surface area contributed by atoms with Crippen LogP contribution < -0.4 is 5.32 Å². The number of nitrogens with zero attached hydrogens (tertiary/aromatic N) is 3. The van der Waals surface area contributed by atoms with Crippen LogP contribution in [0.25, 0.3) is 5.69 Å². The lowest BCUT2D eigenvalue weighted by atomic mass is 10.0. The van der Waals surface area contributed by atoms with Crippen LogP contribution in [0.15, 0.2) is 24.3 Å². The number of nitrogens with one attached hydrogen (secondary N) is 1. The standard InChI is InChI=1S/C22H31FN4O/c1-4-5-13-26-14-7-6-8-20(26)15-24-22(28)21-16(2)25-27(17(21)3)19-11-9-18(23)10-12-19/h9-12,20H,4-8,13-15H2,1-3H3,(H,24,28). The molecule has 1 unspecified atom stereocenters. The lowest BCUT2D eigenvalue weighted by molar-refractivity contribution is 0.0911. The zero-order valence-corrected chi connectivity index (χ0v) is 17.2. The molecule has 0 radical (unpaired) electrons. The molecule has 1 atom stereocenters. The first kappa shape index (κ1) is 20.5. The van der Waals surface area contributed by atoms with Crippen LogP contribution in [0.4, 0.5) is 4.39 Å². The van der Waals surface area contributed by atoms with Gasteiger partial charge in [-0.25, -0.2) is 9.07 Å². The van der Waals surface area contributed by atoms with Crippen LogP contribution in [0.3, 0.4) is 0 Å². The van der Waals surface area contributed by atoms with Crippen molar-refractivity contribution in [3.8, 4) is 5.69 Å². The van der Waals surface area contributed by atoms with Crippen molar-refractivity contribution in [1.82, 2.24) is 20.0 Å². The van der Waals surface area contributed by atoms with Gasteiger partial charge in [-0.15, -0.1) is 0 Å². The third-order valence-corrected chi connectivity index (χ3v) is 5.64. The maximum absolute atomic E-state index is 13.2. The van der Waals surface area contributed by atoms with E-state index < -0.39 is 0 Å². The molecule has 1 aromatic carbocycles. The maximum Gasteiger partial charge on any atom is 0.255 e. The molecule has 0 bridgehead atoms. The first-order valence-electron chi connectivity index (χ1n) is 10.4. The Balaban J connectivity index is 1.69. The maximum atomic E-state index is 13.2. The fourth-order valence-corrected chi connectivity index (χ4v) is 4.05. The second-order valence-corrected chi connectivity index (χ2v) is 7.68. The number of piperidine rings is 1. The number of carbonyl (C=O) groups is 1. The molecule has 2 heterocycles. The number of aryl methyl sites for hydroxylation is 1. The van der Waals surface area contributed by atoms with Crippen molar-refractivity contribution in [2.24, 2.45) is 0 Å². The van der Waals surface area contributed by atoms with E-state index in [0.29, 0.717) is 23.8 Å². The van der Waals surface area contributed by atoms with Crippen molar-refractivity contribution in [2.75, 3.05) is 19.6 Å². The Morgan fingerprint density at radius 1 is 1.25 bits per heavy atom. The summed E-state index contributed by atoms with van der Waals surface area (Å²) in [6.45, 7) is 8.84. The van der Waals surface area contributed by atoms with Gasteiger partial charge in [0.2, 0.25) is 0 Å². The normalized spacial score (nSPS) is 17.6. The zero-order chi connectivity index (χ0) is 20.1. The number of carbonyl (C=O) groups excluding carboxylic acids is 1. The molecule has 5 nitrogen and oxygen atoms in total. The van der Waals surface area contributed by atoms with Gasteiger partial charge in [-0.3, -0.25) is 9.69 Å². The summed E-state index contributed by atoms with van der Waals surface area (Å²) < 4.78 is 14.9. The molecule has 1 fully saturated rings. The minimum Gasteiger partial charge on any atom is -0.350 e. The molecular weight excluding hydrogens is 355 g/mol. The molecule has 0 saturated carbocycles. The fourth-order valence-electron chi connectivity index (χ4n) is 4.05. The van der Waals surface area contributed by atoms with E-state index in [1.54, 1.807) is 16.8 Å². The van der Waals surface area contributed by atoms with E-state index in [9.17, 15) is 9.18 Å². The van der Waals surface area contributed by atoms with Crippen LogP contribution in [0.2, 0.25) is 0 Å². The Labute approximate surface area is 166 Å². The summed E-state index contributed by atoms with van der Waals surface area (Å²) in [5, 5.41) is 7.64. The number of halogens is 1. The van der Waals surface area contributed by atoms with Crippen LogP contribution in [-0.4, -0.2) is 46.3 Å². The summed E-state index contributed by atoms with van der Waals surface area (Å²) in [6, 6.07) is 6.56. The Hall–Kier alpha value is -2.21. The number of benzene rings is 1. The Kier molecular flexibility index (Phi) is 6.83. The quantitative estimate of drug-likeness (QED) is 0.782. The molecule has 1 aliphatic rings. The zero-order valence-electron chi connectivity index (χ0n) is 17.2.